The van der Waals surface area contributed by atoms with E-state index in [0.717, 1.165) is 6.42 Å². The first-order valence-corrected chi connectivity index (χ1v) is 4.13. The zero-order valence-electron chi connectivity index (χ0n) is 8.36. The Labute approximate surface area is 71.0 Å². The highest BCUT2D eigenvalue weighted by Gasteiger charge is 1.90. The molecule has 0 fully saturated rings. The largest absolute Gasteiger partial charge is 0.0819 e. The van der Waals surface area contributed by atoms with Crippen molar-refractivity contribution in [2.75, 3.05) is 0 Å². The van der Waals surface area contributed by atoms with Gasteiger partial charge in [0.05, 0.1) is 0 Å². The van der Waals surface area contributed by atoms with Gasteiger partial charge in [0.2, 0.25) is 0 Å². The van der Waals surface area contributed by atoms with Crippen LogP contribution in [-0.2, 0) is 0 Å². The standard InChI is InChI=1S/C11H19/c1-9(2)7-6-8-11(5)10(3)4/h6-7H,8H2,1-5H3. The average Bonchev–Trinajstić information content (AvgIpc) is 1.86. The van der Waals surface area contributed by atoms with Crippen LogP contribution in [0, 0.1) is 6.42 Å². The Kier molecular flexibility index (Phi) is 4.93. The molecule has 1 radical (unpaired) electrons. The summed E-state index contributed by atoms with van der Waals surface area (Å²) >= 11 is 0. The fourth-order valence-electron chi connectivity index (χ4n) is 0.676. The van der Waals surface area contributed by atoms with Crippen molar-refractivity contribution < 1.29 is 0 Å². The number of hydrogen-bond acceptors (Lipinski definition) is 0. The molecular weight excluding hydrogens is 132 g/mol. The summed E-state index contributed by atoms with van der Waals surface area (Å²) in [4.78, 5) is 0. The smallest absolute Gasteiger partial charge is 0.0128 e. The van der Waals surface area contributed by atoms with E-state index in [1.807, 2.05) is 0 Å². The lowest BCUT2D eigenvalue weighted by Crippen LogP contribution is -1.80. The lowest BCUT2D eigenvalue weighted by Gasteiger charge is -2.00. The van der Waals surface area contributed by atoms with Crippen molar-refractivity contribution in [1.82, 2.24) is 0 Å². The second-order valence-electron chi connectivity index (χ2n) is 3.46. The topological polar surface area (TPSA) is 0 Å². The van der Waals surface area contributed by atoms with Gasteiger partial charge in [0.1, 0.15) is 0 Å². The number of hydrogen-bond donors (Lipinski definition) is 0. The van der Waals surface area contributed by atoms with Crippen molar-refractivity contribution in [3.05, 3.63) is 29.2 Å². The molecule has 0 spiro atoms. The second kappa shape index (κ2) is 5.17. The summed E-state index contributed by atoms with van der Waals surface area (Å²) in [5.41, 5.74) is 4.28. The Bertz CT molecular complexity index is 162. The summed E-state index contributed by atoms with van der Waals surface area (Å²) in [5.74, 6) is 0. The summed E-state index contributed by atoms with van der Waals surface area (Å²) in [7, 11) is 0. The lowest BCUT2D eigenvalue weighted by molar-refractivity contribution is 1.08. The van der Waals surface area contributed by atoms with Gasteiger partial charge in [0, 0.05) is 0 Å². The summed E-state index contributed by atoms with van der Waals surface area (Å²) in [6.07, 6.45) is 5.48. The van der Waals surface area contributed by atoms with Crippen LogP contribution in [0.1, 0.15) is 41.0 Å². The van der Waals surface area contributed by atoms with E-state index in [4.69, 9.17) is 0 Å². The van der Waals surface area contributed by atoms with Crippen LogP contribution in [0.2, 0.25) is 0 Å². The van der Waals surface area contributed by atoms with Crippen molar-refractivity contribution >= 4 is 0 Å². The number of rotatable bonds is 3. The third kappa shape index (κ3) is 5.90. The summed E-state index contributed by atoms with van der Waals surface area (Å²) < 4.78 is 0. The molecule has 0 bridgehead atoms. The molecule has 0 nitrogen and oxygen atoms in total. The van der Waals surface area contributed by atoms with E-state index >= 15 is 0 Å². The zero-order valence-corrected chi connectivity index (χ0v) is 8.36. The van der Waals surface area contributed by atoms with Gasteiger partial charge in [-0.05, 0) is 47.5 Å². The van der Waals surface area contributed by atoms with E-state index < -0.39 is 0 Å². The maximum absolute atomic E-state index is 2.22. The van der Waals surface area contributed by atoms with Crippen LogP contribution in [0.4, 0.5) is 0 Å². The Hall–Kier alpha value is -0.520. The molecule has 0 amide bonds. The van der Waals surface area contributed by atoms with Crippen LogP contribution in [0.3, 0.4) is 0 Å². The molecule has 0 N–H and O–H groups in total. The molecule has 0 heteroatoms. The van der Waals surface area contributed by atoms with Gasteiger partial charge in [-0.3, -0.25) is 0 Å². The van der Waals surface area contributed by atoms with E-state index in [0.29, 0.717) is 0 Å². The molecule has 63 valence electrons. The van der Waals surface area contributed by atoms with E-state index in [2.05, 4.69) is 47.1 Å². The molecule has 0 aliphatic carbocycles. The molecule has 0 heterocycles. The Morgan fingerprint density at radius 3 is 1.91 bits per heavy atom. The van der Waals surface area contributed by atoms with Crippen molar-refractivity contribution in [1.29, 1.82) is 0 Å². The van der Waals surface area contributed by atoms with Crippen molar-refractivity contribution in [2.45, 2.75) is 41.0 Å². The minimum atomic E-state index is 1.09. The van der Waals surface area contributed by atoms with Crippen LogP contribution in [-0.4, -0.2) is 0 Å². The highest BCUT2D eigenvalue weighted by Crippen LogP contribution is 2.09. The molecule has 0 aromatic carbocycles. The van der Waals surface area contributed by atoms with E-state index in [9.17, 15) is 0 Å². The van der Waals surface area contributed by atoms with Gasteiger partial charge in [-0.25, -0.2) is 0 Å². The summed E-state index contributed by atoms with van der Waals surface area (Å²) in [5, 5.41) is 0. The first-order valence-electron chi connectivity index (χ1n) is 4.13. The number of allylic oxidation sites excluding steroid dienone is 4. The van der Waals surface area contributed by atoms with Crippen LogP contribution >= 0.6 is 0 Å². The molecule has 0 unspecified atom stereocenters. The molecule has 0 saturated heterocycles. The van der Waals surface area contributed by atoms with Crippen molar-refractivity contribution in [3.8, 4) is 0 Å². The first kappa shape index (κ1) is 10.5. The third-order valence-electron chi connectivity index (χ3n) is 1.73. The van der Waals surface area contributed by atoms with Crippen LogP contribution in [0.15, 0.2) is 22.8 Å². The second-order valence-corrected chi connectivity index (χ2v) is 3.46. The van der Waals surface area contributed by atoms with Crippen LogP contribution < -0.4 is 0 Å². The zero-order chi connectivity index (χ0) is 8.85. The van der Waals surface area contributed by atoms with Gasteiger partial charge >= 0.3 is 0 Å². The minimum Gasteiger partial charge on any atom is -0.0819 e. The first-order chi connectivity index (χ1) is 5.04. The summed E-state index contributed by atoms with van der Waals surface area (Å²) in [6, 6.07) is 0. The fraction of sp³-hybridized carbons (Fsp3) is 0.545. The maximum Gasteiger partial charge on any atom is -0.0128 e. The van der Waals surface area contributed by atoms with Gasteiger partial charge in [0.25, 0.3) is 0 Å². The monoisotopic (exact) mass is 151 g/mol. The third-order valence-corrected chi connectivity index (χ3v) is 1.73. The quantitative estimate of drug-likeness (QED) is 0.536. The average molecular weight is 151 g/mol. The molecule has 0 aliphatic heterocycles. The van der Waals surface area contributed by atoms with Crippen LogP contribution in [0.25, 0.3) is 0 Å². The van der Waals surface area contributed by atoms with Gasteiger partial charge in [-0.1, -0.05) is 22.8 Å². The molecular formula is C11H19. The van der Waals surface area contributed by atoms with E-state index in [-0.39, 0.29) is 0 Å². The van der Waals surface area contributed by atoms with Crippen LogP contribution in [0.5, 0.6) is 0 Å². The van der Waals surface area contributed by atoms with Gasteiger partial charge in [-0.2, -0.15) is 0 Å². The predicted octanol–water partition coefficient (Wildman–Crippen LogP) is 3.90. The molecule has 11 heavy (non-hydrogen) atoms. The molecule has 0 aliphatic rings. The molecule has 0 rings (SSSR count). The fourth-order valence-corrected chi connectivity index (χ4v) is 0.676. The van der Waals surface area contributed by atoms with Crippen molar-refractivity contribution in [2.24, 2.45) is 0 Å². The highest BCUT2D eigenvalue weighted by atomic mass is 14.0. The van der Waals surface area contributed by atoms with E-state index in [1.54, 1.807) is 0 Å². The SMILES string of the molecule is CC(C)=C[CH]CC(C)=C(C)C. The Morgan fingerprint density at radius 1 is 1.00 bits per heavy atom. The van der Waals surface area contributed by atoms with Gasteiger partial charge < -0.3 is 0 Å². The van der Waals surface area contributed by atoms with Gasteiger partial charge in [0.15, 0.2) is 0 Å². The van der Waals surface area contributed by atoms with Gasteiger partial charge in [-0.15, -0.1) is 0 Å². The molecule has 0 aromatic rings. The normalized spacial score (nSPS) is 9.18. The molecule has 0 atom stereocenters. The lowest BCUT2D eigenvalue weighted by atomic mass is 10.1. The maximum atomic E-state index is 2.22. The predicted molar refractivity (Wildman–Crippen MR) is 52.4 cm³/mol. The Morgan fingerprint density at radius 2 is 1.55 bits per heavy atom. The Balaban J connectivity index is 3.73. The van der Waals surface area contributed by atoms with E-state index in [1.165, 1.54) is 16.7 Å². The molecule has 0 saturated carbocycles. The molecule has 0 aromatic heterocycles. The van der Waals surface area contributed by atoms with Crippen molar-refractivity contribution in [3.63, 3.8) is 0 Å². The highest BCUT2D eigenvalue weighted by molar-refractivity contribution is 5.14. The minimum absolute atomic E-state index is 1.09. The summed E-state index contributed by atoms with van der Waals surface area (Å²) in [6.45, 7) is 10.7.